The predicted molar refractivity (Wildman–Crippen MR) is 69.9 cm³/mol. The Kier molecular flexibility index (Phi) is 4.99. The summed E-state index contributed by atoms with van der Waals surface area (Å²) < 4.78 is 4.98. The number of nitrogens with one attached hydrogen (secondary N) is 1. The van der Waals surface area contributed by atoms with Crippen molar-refractivity contribution in [1.29, 1.82) is 0 Å². The standard InChI is InChI=1S/C14H27NO2/c1-13(2,3)14(8-6-5-7-9-14)12(16)15-10-11-17-4/h5-11H2,1-4H3,(H,15,16). The molecule has 17 heavy (non-hydrogen) atoms. The molecule has 100 valence electrons. The van der Waals surface area contributed by atoms with Crippen LogP contribution in [0.5, 0.6) is 0 Å². The van der Waals surface area contributed by atoms with E-state index in [0.29, 0.717) is 13.2 Å². The van der Waals surface area contributed by atoms with Gasteiger partial charge in [0.25, 0.3) is 0 Å². The molecule has 0 saturated heterocycles. The number of carbonyl (C=O) groups is 1. The second-order valence-corrected chi connectivity index (χ2v) is 6.14. The van der Waals surface area contributed by atoms with Crippen LogP contribution in [0.2, 0.25) is 0 Å². The minimum atomic E-state index is -0.182. The van der Waals surface area contributed by atoms with Gasteiger partial charge in [-0.3, -0.25) is 4.79 Å². The molecule has 3 heteroatoms. The van der Waals surface area contributed by atoms with Gasteiger partial charge in [0.1, 0.15) is 0 Å². The van der Waals surface area contributed by atoms with Crippen LogP contribution < -0.4 is 5.32 Å². The van der Waals surface area contributed by atoms with Crippen LogP contribution in [0.15, 0.2) is 0 Å². The quantitative estimate of drug-likeness (QED) is 0.769. The molecule has 0 spiro atoms. The normalized spacial score (nSPS) is 20.0. The summed E-state index contributed by atoms with van der Waals surface area (Å²) in [6, 6.07) is 0. The third-order valence-corrected chi connectivity index (χ3v) is 4.17. The molecule has 0 unspecified atom stereocenters. The summed E-state index contributed by atoms with van der Waals surface area (Å²) in [6.45, 7) is 7.77. The SMILES string of the molecule is COCCNC(=O)C1(C(C)(C)C)CCCCC1. The Morgan fingerprint density at radius 1 is 1.24 bits per heavy atom. The van der Waals surface area contributed by atoms with Crippen LogP contribution in [-0.2, 0) is 9.53 Å². The molecule has 0 aromatic heterocycles. The van der Waals surface area contributed by atoms with Gasteiger partial charge in [-0.25, -0.2) is 0 Å². The molecule has 0 radical (unpaired) electrons. The van der Waals surface area contributed by atoms with Gasteiger partial charge in [0.2, 0.25) is 5.91 Å². The summed E-state index contributed by atoms with van der Waals surface area (Å²) in [4.78, 5) is 12.5. The maximum absolute atomic E-state index is 12.5. The van der Waals surface area contributed by atoms with E-state index in [1.807, 2.05) is 0 Å². The Balaban J connectivity index is 2.72. The summed E-state index contributed by atoms with van der Waals surface area (Å²) in [5.74, 6) is 0.224. The van der Waals surface area contributed by atoms with Gasteiger partial charge in [-0.05, 0) is 18.3 Å². The molecular weight excluding hydrogens is 214 g/mol. The summed E-state index contributed by atoms with van der Waals surface area (Å²) in [6.07, 6.45) is 5.66. The molecule has 0 atom stereocenters. The molecule has 1 aliphatic carbocycles. The van der Waals surface area contributed by atoms with E-state index in [9.17, 15) is 4.79 Å². The lowest BCUT2D eigenvalue weighted by Gasteiger charge is -2.46. The Morgan fingerprint density at radius 2 is 1.82 bits per heavy atom. The van der Waals surface area contributed by atoms with Crippen molar-refractivity contribution in [1.82, 2.24) is 5.32 Å². The molecule has 0 aromatic rings. The zero-order valence-corrected chi connectivity index (χ0v) is 11.8. The van der Waals surface area contributed by atoms with E-state index < -0.39 is 0 Å². The molecule has 0 aliphatic heterocycles. The number of methoxy groups -OCH3 is 1. The van der Waals surface area contributed by atoms with Crippen molar-refractivity contribution in [2.75, 3.05) is 20.3 Å². The van der Waals surface area contributed by atoms with Crippen LogP contribution in [0.4, 0.5) is 0 Å². The number of ether oxygens (including phenoxy) is 1. The van der Waals surface area contributed by atoms with Crippen molar-refractivity contribution in [3.63, 3.8) is 0 Å². The van der Waals surface area contributed by atoms with Crippen molar-refractivity contribution in [3.05, 3.63) is 0 Å². The molecule has 1 amide bonds. The maximum Gasteiger partial charge on any atom is 0.226 e. The molecule has 1 fully saturated rings. The molecule has 1 aliphatic rings. The lowest BCUT2D eigenvalue weighted by atomic mass is 9.59. The lowest BCUT2D eigenvalue weighted by Crippen LogP contribution is -2.50. The van der Waals surface area contributed by atoms with Crippen LogP contribution >= 0.6 is 0 Å². The fourth-order valence-corrected chi connectivity index (χ4v) is 2.91. The van der Waals surface area contributed by atoms with Crippen molar-refractivity contribution in [2.24, 2.45) is 10.8 Å². The van der Waals surface area contributed by atoms with Gasteiger partial charge in [-0.2, -0.15) is 0 Å². The average Bonchev–Trinajstić information content (AvgIpc) is 2.28. The average molecular weight is 241 g/mol. The molecule has 0 bridgehead atoms. The number of carbonyl (C=O) groups excluding carboxylic acids is 1. The monoisotopic (exact) mass is 241 g/mol. The summed E-state index contributed by atoms with van der Waals surface area (Å²) >= 11 is 0. The van der Waals surface area contributed by atoms with E-state index in [-0.39, 0.29) is 16.7 Å². The van der Waals surface area contributed by atoms with Crippen molar-refractivity contribution in [2.45, 2.75) is 52.9 Å². The Bertz CT molecular complexity index is 249. The van der Waals surface area contributed by atoms with E-state index in [2.05, 4.69) is 26.1 Å². The first-order chi connectivity index (χ1) is 7.94. The summed E-state index contributed by atoms with van der Waals surface area (Å²) in [5, 5.41) is 3.04. The van der Waals surface area contributed by atoms with Gasteiger partial charge in [0, 0.05) is 13.7 Å². The Morgan fingerprint density at radius 3 is 2.29 bits per heavy atom. The topological polar surface area (TPSA) is 38.3 Å². The van der Waals surface area contributed by atoms with Crippen LogP contribution in [0.25, 0.3) is 0 Å². The van der Waals surface area contributed by atoms with Crippen molar-refractivity contribution in [3.8, 4) is 0 Å². The van der Waals surface area contributed by atoms with E-state index in [0.717, 1.165) is 12.8 Å². The first kappa shape index (κ1) is 14.5. The minimum Gasteiger partial charge on any atom is -0.383 e. The number of amides is 1. The zero-order valence-electron chi connectivity index (χ0n) is 11.8. The number of hydrogen-bond acceptors (Lipinski definition) is 2. The highest BCUT2D eigenvalue weighted by Gasteiger charge is 2.48. The number of hydrogen-bond donors (Lipinski definition) is 1. The van der Waals surface area contributed by atoms with Crippen molar-refractivity contribution >= 4 is 5.91 Å². The predicted octanol–water partition coefficient (Wildman–Crippen LogP) is 2.75. The third-order valence-electron chi connectivity index (χ3n) is 4.17. The van der Waals surface area contributed by atoms with Crippen LogP contribution in [0.1, 0.15) is 52.9 Å². The largest absolute Gasteiger partial charge is 0.383 e. The highest BCUT2D eigenvalue weighted by molar-refractivity contribution is 5.83. The molecule has 0 aromatic carbocycles. The first-order valence-electron chi connectivity index (χ1n) is 6.71. The van der Waals surface area contributed by atoms with E-state index in [1.54, 1.807) is 7.11 Å². The molecule has 1 rings (SSSR count). The van der Waals surface area contributed by atoms with Gasteiger partial charge in [0.05, 0.1) is 12.0 Å². The maximum atomic E-state index is 12.5. The van der Waals surface area contributed by atoms with Gasteiger partial charge < -0.3 is 10.1 Å². The molecule has 1 saturated carbocycles. The van der Waals surface area contributed by atoms with Crippen LogP contribution in [0.3, 0.4) is 0 Å². The van der Waals surface area contributed by atoms with Crippen molar-refractivity contribution < 1.29 is 9.53 Å². The molecule has 3 nitrogen and oxygen atoms in total. The fourth-order valence-electron chi connectivity index (χ4n) is 2.91. The zero-order chi connectivity index (χ0) is 12.9. The van der Waals surface area contributed by atoms with E-state index in [1.165, 1.54) is 19.3 Å². The second-order valence-electron chi connectivity index (χ2n) is 6.14. The van der Waals surface area contributed by atoms with Gasteiger partial charge in [-0.15, -0.1) is 0 Å². The molecular formula is C14H27NO2. The summed E-state index contributed by atoms with van der Waals surface area (Å²) in [5.41, 5.74) is -0.149. The van der Waals surface area contributed by atoms with Gasteiger partial charge in [-0.1, -0.05) is 40.0 Å². The third kappa shape index (κ3) is 3.21. The summed E-state index contributed by atoms with van der Waals surface area (Å²) in [7, 11) is 1.66. The smallest absolute Gasteiger partial charge is 0.226 e. The van der Waals surface area contributed by atoms with Gasteiger partial charge >= 0.3 is 0 Å². The van der Waals surface area contributed by atoms with E-state index in [4.69, 9.17) is 4.74 Å². The van der Waals surface area contributed by atoms with E-state index >= 15 is 0 Å². The Labute approximate surface area is 105 Å². The number of rotatable bonds is 4. The minimum absolute atomic E-state index is 0.0323. The molecule has 0 heterocycles. The van der Waals surface area contributed by atoms with Gasteiger partial charge in [0.15, 0.2) is 0 Å². The first-order valence-corrected chi connectivity index (χ1v) is 6.71. The highest BCUT2D eigenvalue weighted by Crippen LogP contribution is 2.49. The van der Waals surface area contributed by atoms with Crippen LogP contribution in [-0.4, -0.2) is 26.2 Å². The highest BCUT2D eigenvalue weighted by atomic mass is 16.5. The van der Waals surface area contributed by atoms with Crippen LogP contribution in [0, 0.1) is 10.8 Å². The second kappa shape index (κ2) is 5.85. The fraction of sp³-hybridized carbons (Fsp3) is 0.929. The lowest BCUT2D eigenvalue weighted by molar-refractivity contribution is -0.141. The Hall–Kier alpha value is -0.570. The molecule has 1 N–H and O–H groups in total.